The van der Waals surface area contributed by atoms with Crippen LogP contribution in [0.5, 0.6) is 0 Å². The first kappa shape index (κ1) is 55.5. The van der Waals surface area contributed by atoms with Gasteiger partial charge in [-0.1, -0.05) is 271 Å². The molecule has 0 aliphatic rings. The molecule has 83 heavy (non-hydrogen) atoms. The maximum Gasteiger partial charge on any atom is -0.0105 e. The molecule has 0 N–H and O–H groups in total. The topological polar surface area (TPSA) is 0 Å². The Kier molecular flexibility index (Phi) is 16.6. The molecule has 0 heteroatoms. The lowest BCUT2D eigenvalue weighted by Gasteiger charge is -2.15. The van der Waals surface area contributed by atoms with Crippen LogP contribution in [0.1, 0.15) is 70.7 Å². The summed E-state index contributed by atoms with van der Waals surface area (Å²) in [5.41, 5.74) is 35.3. The van der Waals surface area contributed by atoms with Crippen LogP contribution in [0.15, 0.2) is 267 Å². The molecule has 406 valence electrons. The summed E-state index contributed by atoms with van der Waals surface area (Å²) in [6, 6.07) is 98.6. The van der Waals surface area contributed by atoms with Crippen LogP contribution in [0.25, 0.3) is 111 Å². The van der Waals surface area contributed by atoms with Gasteiger partial charge in [-0.15, -0.1) is 0 Å². The Balaban J connectivity index is 0.000000178. The molecule has 0 bridgehead atoms. The molecule has 1 atom stereocenters. The second kappa shape index (κ2) is 24.8. The van der Waals surface area contributed by atoms with Gasteiger partial charge in [-0.25, -0.2) is 0 Å². The summed E-state index contributed by atoms with van der Waals surface area (Å²) < 4.78 is 0. The van der Waals surface area contributed by atoms with Crippen molar-refractivity contribution >= 4 is 0 Å². The van der Waals surface area contributed by atoms with E-state index in [2.05, 4.69) is 329 Å². The zero-order valence-electron chi connectivity index (χ0n) is 49.7. The number of hydrogen-bond acceptors (Lipinski definition) is 0. The van der Waals surface area contributed by atoms with Gasteiger partial charge in [0, 0.05) is 0 Å². The van der Waals surface area contributed by atoms with Gasteiger partial charge in [-0.3, -0.25) is 0 Å². The summed E-state index contributed by atoms with van der Waals surface area (Å²) >= 11 is 0. The van der Waals surface area contributed by atoms with Gasteiger partial charge in [-0.05, 0) is 226 Å². The van der Waals surface area contributed by atoms with Gasteiger partial charge in [0.05, 0.1) is 0 Å². The minimum atomic E-state index is 0.562. The Morgan fingerprint density at radius 2 is 0.446 bits per heavy atom. The van der Waals surface area contributed by atoms with Crippen LogP contribution in [-0.4, -0.2) is 0 Å². The largest absolute Gasteiger partial charge is 0.0648 e. The molecule has 1 unspecified atom stereocenters. The summed E-state index contributed by atoms with van der Waals surface area (Å²) in [5, 5.41) is 0. The number of aryl methyl sites for hydroxylation is 7. The lowest BCUT2D eigenvalue weighted by atomic mass is 9.89. The molecule has 0 saturated heterocycles. The van der Waals surface area contributed by atoms with E-state index < -0.39 is 0 Å². The second-order valence-corrected chi connectivity index (χ2v) is 23.2. The van der Waals surface area contributed by atoms with Crippen molar-refractivity contribution in [3.63, 3.8) is 0 Å². The highest BCUT2D eigenvalue weighted by Crippen LogP contribution is 2.40. The van der Waals surface area contributed by atoms with E-state index in [4.69, 9.17) is 0 Å². The van der Waals surface area contributed by atoms with E-state index in [0.29, 0.717) is 5.92 Å². The minimum Gasteiger partial charge on any atom is -0.0648 e. The van der Waals surface area contributed by atoms with E-state index >= 15 is 0 Å². The first-order valence-corrected chi connectivity index (χ1v) is 29.5. The molecule has 0 saturated carbocycles. The van der Waals surface area contributed by atoms with Gasteiger partial charge in [-0.2, -0.15) is 0 Å². The summed E-state index contributed by atoms with van der Waals surface area (Å²) in [5.74, 6) is 0.562. The molecule has 0 fully saturated rings. The van der Waals surface area contributed by atoms with Gasteiger partial charge in [0.15, 0.2) is 0 Å². The third-order valence-electron chi connectivity index (χ3n) is 16.2. The first-order valence-electron chi connectivity index (χ1n) is 29.5. The molecular formula is C83H74. The van der Waals surface area contributed by atoms with Crippen molar-refractivity contribution in [3.8, 4) is 111 Å². The summed E-state index contributed by atoms with van der Waals surface area (Å²) in [6.07, 6.45) is 1.15. The number of benzene rings is 12. The van der Waals surface area contributed by atoms with Gasteiger partial charge < -0.3 is 0 Å². The summed E-state index contributed by atoms with van der Waals surface area (Å²) in [4.78, 5) is 0. The second-order valence-electron chi connectivity index (χ2n) is 23.2. The Morgan fingerprint density at radius 1 is 0.205 bits per heavy atom. The van der Waals surface area contributed by atoms with E-state index in [1.54, 1.807) is 0 Å². The van der Waals surface area contributed by atoms with Crippen LogP contribution in [0, 0.1) is 48.5 Å². The molecule has 0 aliphatic heterocycles. The molecule has 12 aromatic carbocycles. The lowest BCUT2D eigenvalue weighted by molar-refractivity contribution is 0.733. The molecule has 0 spiro atoms. The quantitative estimate of drug-likeness (QED) is 0.114. The van der Waals surface area contributed by atoms with Gasteiger partial charge in [0.1, 0.15) is 0 Å². The van der Waals surface area contributed by atoms with Crippen molar-refractivity contribution in [2.45, 2.75) is 74.7 Å². The van der Waals surface area contributed by atoms with Crippen LogP contribution >= 0.6 is 0 Å². The monoisotopic (exact) mass is 1070 g/mol. The van der Waals surface area contributed by atoms with Crippen LogP contribution in [0.2, 0.25) is 0 Å². The van der Waals surface area contributed by atoms with Crippen LogP contribution in [0.3, 0.4) is 0 Å². The van der Waals surface area contributed by atoms with Crippen molar-refractivity contribution in [1.82, 2.24) is 0 Å². The molecule has 0 amide bonds. The molecule has 12 rings (SSSR count). The molecular weight excluding hydrogens is 997 g/mol. The Labute approximate surface area is 494 Å². The van der Waals surface area contributed by atoms with E-state index in [0.717, 1.165) is 6.42 Å². The summed E-state index contributed by atoms with van der Waals surface area (Å²) in [7, 11) is 0. The van der Waals surface area contributed by atoms with E-state index in [1.165, 1.54) is 156 Å². The standard InChI is InChI=1S/C46H38.C37H36/c1-31-19-32(2)22-39(21-31)45-27-41(35-11-7-5-8-12-35)25-43(29-45)37-15-17-38(18-16-37)44-26-42(36-13-9-6-10-14-36)28-46(30-44)40-23-33(3)20-34(4)24-40;1-6-28(5)33-18-27(4)21-35(24-33)30-12-10-14-32(23-30)37-16-8-7-15-36(37)31-13-9-11-29(22-31)34-19-25(2)17-26(3)20-34/h5-30H,1-4H3;7-24,28H,6H2,1-5H3. The predicted molar refractivity (Wildman–Crippen MR) is 359 cm³/mol. The SMILES string of the molecule is CCC(C)c1cc(C)cc(-c2cccc(-c3ccccc3-c3cccc(-c4cc(C)cc(C)c4)c3)c2)c1.Cc1cc(C)cc(-c2cc(-c3ccccc3)cc(-c3ccc(-c4cc(-c5ccccc5)cc(-c5cc(C)cc(C)c5)c4)cc3)c2)c1. The predicted octanol–water partition coefficient (Wildman–Crippen LogP) is 23.7. The Bertz CT molecular complexity index is 4030. The number of hydrogen-bond donors (Lipinski definition) is 0. The van der Waals surface area contributed by atoms with Crippen LogP contribution in [-0.2, 0) is 0 Å². The fraction of sp³-hybridized carbons (Fsp3) is 0.133. The Hall–Kier alpha value is -9.36. The first-order chi connectivity index (χ1) is 40.3. The fourth-order valence-electron chi connectivity index (χ4n) is 12.0. The van der Waals surface area contributed by atoms with Crippen LogP contribution < -0.4 is 0 Å². The summed E-state index contributed by atoms with van der Waals surface area (Å²) in [6.45, 7) is 19.8. The van der Waals surface area contributed by atoms with Crippen LogP contribution in [0.4, 0.5) is 0 Å². The fourth-order valence-corrected chi connectivity index (χ4v) is 12.0. The van der Waals surface area contributed by atoms with Crippen molar-refractivity contribution in [2.24, 2.45) is 0 Å². The van der Waals surface area contributed by atoms with Gasteiger partial charge >= 0.3 is 0 Å². The highest BCUT2D eigenvalue weighted by atomic mass is 14.2. The average molecular weight is 1070 g/mol. The molecule has 0 aliphatic carbocycles. The van der Waals surface area contributed by atoms with E-state index in [-0.39, 0.29) is 0 Å². The Morgan fingerprint density at radius 3 is 0.795 bits per heavy atom. The van der Waals surface area contributed by atoms with E-state index in [1.807, 2.05) is 0 Å². The highest BCUT2D eigenvalue weighted by molar-refractivity contribution is 5.88. The van der Waals surface area contributed by atoms with Crippen molar-refractivity contribution in [1.29, 1.82) is 0 Å². The zero-order chi connectivity index (χ0) is 57.6. The molecule has 12 aromatic rings. The highest BCUT2D eigenvalue weighted by Gasteiger charge is 2.15. The van der Waals surface area contributed by atoms with Crippen molar-refractivity contribution in [3.05, 3.63) is 311 Å². The maximum absolute atomic E-state index is 2.37. The average Bonchev–Trinajstić information content (AvgIpc) is 3.64. The minimum absolute atomic E-state index is 0.562. The molecule has 0 heterocycles. The third-order valence-corrected chi connectivity index (χ3v) is 16.2. The molecule has 0 nitrogen and oxygen atoms in total. The molecule has 0 aromatic heterocycles. The molecule has 0 radical (unpaired) electrons. The lowest BCUT2D eigenvalue weighted by Crippen LogP contribution is -1.93. The normalized spacial score (nSPS) is 11.4. The maximum atomic E-state index is 2.37. The number of rotatable bonds is 12. The third kappa shape index (κ3) is 13.2. The van der Waals surface area contributed by atoms with Crippen molar-refractivity contribution in [2.75, 3.05) is 0 Å². The zero-order valence-corrected chi connectivity index (χ0v) is 49.7. The smallest absolute Gasteiger partial charge is 0.0105 e. The van der Waals surface area contributed by atoms with Crippen molar-refractivity contribution < 1.29 is 0 Å². The van der Waals surface area contributed by atoms with Gasteiger partial charge in [0.25, 0.3) is 0 Å². The van der Waals surface area contributed by atoms with E-state index in [9.17, 15) is 0 Å². The van der Waals surface area contributed by atoms with Gasteiger partial charge in [0.2, 0.25) is 0 Å².